The van der Waals surface area contributed by atoms with E-state index in [1.807, 2.05) is 4.90 Å². The van der Waals surface area contributed by atoms with E-state index in [1.165, 1.54) is 16.9 Å². The molecule has 0 spiro atoms. The molecule has 1 aliphatic heterocycles. The van der Waals surface area contributed by atoms with Crippen LogP contribution in [0.3, 0.4) is 0 Å². The van der Waals surface area contributed by atoms with Gasteiger partial charge in [0.05, 0.1) is 17.1 Å². The number of ether oxygens (including phenoxy) is 1. The molecule has 0 radical (unpaired) electrons. The summed E-state index contributed by atoms with van der Waals surface area (Å²) in [5.41, 5.74) is 0.104. The monoisotopic (exact) mass is 550 g/mol. The second-order valence-corrected chi connectivity index (χ2v) is 14.3. The highest BCUT2D eigenvalue weighted by Crippen LogP contribution is 2.63. The number of halogens is 2. The standard InChI is InChI=1S/C27H36F2N4O4S/c1-18(2)38(35,36)32-10-8-31(9-11-32)23-17-30-33(21-13-19(28)12-20(29)14-21)25(34)24(23)37-22-15-26(3)6-5-7-27(26,4)16-22/h12-14,17-18,22H,5-11,15-16H2,1-4H3/t22?,26-,27+. The van der Waals surface area contributed by atoms with Crippen LogP contribution in [0, 0.1) is 22.5 Å². The molecule has 2 aromatic rings. The summed E-state index contributed by atoms with van der Waals surface area (Å²) < 4.78 is 62.2. The number of nitrogens with zero attached hydrogens (tertiary/aromatic N) is 4. The fourth-order valence-electron chi connectivity index (χ4n) is 6.59. The van der Waals surface area contributed by atoms with Crippen molar-refractivity contribution in [1.82, 2.24) is 14.1 Å². The van der Waals surface area contributed by atoms with E-state index in [0.717, 1.165) is 48.6 Å². The van der Waals surface area contributed by atoms with Crippen molar-refractivity contribution in [1.29, 1.82) is 0 Å². The van der Waals surface area contributed by atoms with Crippen LogP contribution in [-0.4, -0.2) is 60.0 Å². The van der Waals surface area contributed by atoms with E-state index in [2.05, 4.69) is 18.9 Å². The third-order valence-corrected chi connectivity index (χ3v) is 11.4. The first-order valence-corrected chi connectivity index (χ1v) is 14.8. The lowest BCUT2D eigenvalue weighted by molar-refractivity contribution is 0.157. The number of fused-ring (bicyclic) bond motifs is 1. The number of hydrogen-bond acceptors (Lipinski definition) is 6. The van der Waals surface area contributed by atoms with Crippen LogP contribution in [0.15, 0.2) is 29.2 Å². The minimum Gasteiger partial charge on any atom is -0.483 e. The summed E-state index contributed by atoms with van der Waals surface area (Å²) in [7, 11) is -3.39. The summed E-state index contributed by atoms with van der Waals surface area (Å²) in [5, 5.41) is 3.72. The van der Waals surface area contributed by atoms with E-state index in [1.54, 1.807) is 13.8 Å². The first kappa shape index (κ1) is 27.1. The molecular formula is C27H36F2N4O4S. The van der Waals surface area contributed by atoms with E-state index in [0.29, 0.717) is 18.8 Å². The SMILES string of the molecule is CC(C)S(=O)(=O)N1CCN(c2cnn(-c3cc(F)cc(F)c3)c(=O)c2OC2C[C@]3(C)CCC[C@]3(C)C2)CC1. The van der Waals surface area contributed by atoms with Crippen molar-refractivity contribution >= 4 is 15.7 Å². The first-order valence-electron chi connectivity index (χ1n) is 13.3. The third kappa shape index (κ3) is 4.61. The van der Waals surface area contributed by atoms with Crippen molar-refractivity contribution < 1.29 is 21.9 Å². The average Bonchev–Trinajstić information content (AvgIpc) is 3.25. The van der Waals surface area contributed by atoms with E-state index in [9.17, 15) is 22.0 Å². The van der Waals surface area contributed by atoms with Crippen molar-refractivity contribution in [3.05, 3.63) is 46.4 Å². The highest BCUT2D eigenvalue weighted by atomic mass is 32.2. The van der Waals surface area contributed by atoms with E-state index in [-0.39, 0.29) is 41.5 Å². The summed E-state index contributed by atoms with van der Waals surface area (Å²) in [6.07, 6.45) is 6.35. The normalized spacial score (nSPS) is 28.2. The number of anilines is 1. The zero-order valence-electron chi connectivity index (χ0n) is 22.4. The Kier molecular flexibility index (Phi) is 6.82. The molecule has 0 bridgehead atoms. The molecule has 3 aliphatic rings. The van der Waals surface area contributed by atoms with Crippen molar-refractivity contribution in [3.8, 4) is 11.4 Å². The minimum atomic E-state index is -3.39. The minimum absolute atomic E-state index is 0.0287. The predicted octanol–water partition coefficient (Wildman–Crippen LogP) is 4.11. The summed E-state index contributed by atoms with van der Waals surface area (Å²) >= 11 is 0. The maximum absolute atomic E-state index is 14.0. The smallest absolute Gasteiger partial charge is 0.316 e. The van der Waals surface area contributed by atoms with Gasteiger partial charge in [-0.3, -0.25) is 4.79 Å². The molecule has 3 fully saturated rings. The van der Waals surface area contributed by atoms with E-state index in [4.69, 9.17) is 4.74 Å². The van der Waals surface area contributed by atoms with E-state index >= 15 is 0 Å². The fourth-order valence-corrected chi connectivity index (χ4v) is 7.86. The lowest BCUT2D eigenvalue weighted by Gasteiger charge is -2.36. The molecule has 2 heterocycles. The molecule has 8 nitrogen and oxygen atoms in total. The molecule has 3 atom stereocenters. The van der Waals surface area contributed by atoms with Gasteiger partial charge in [0, 0.05) is 32.2 Å². The summed E-state index contributed by atoms with van der Waals surface area (Å²) in [6, 6.07) is 2.85. The molecule has 1 aromatic heterocycles. The van der Waals surface area contributed by atoms with E-state index < -0.39 is 32.5 Å². The van der Waals surface area contributed by atoms with Crippen molar-refractivity contribution in [2.24, 2.45) is 10.8 Å². The summed E-state index contributed by atoms with van der Waals surface area (Å²) in [4.78, 5) is 15.7. The van der Waals surface area contributed by atoms with Gasteiger partial charge in [-0.25, -0.2) is 17.2 Å². The molecule has 11 heteroatoms. The summed E-state index contributed by atoms with van der Waals surface area (Å²) in [5.74, 6) is -1.54. The molecular weight excluding hydrogens is 514 g/mol. The van der Waals surface area contributed by atoms with Crippen LogP contribution in [0.1, 0.15) is 59.8 Å². The highest BCUT2D eigenvalue weighted by molar-refractivity contribution is 7.89. The molecule has 2 saturated carbocycles. The number of piperazine rings is 1. The number of benzene rings is 1. The molecule has 5 rings (SSSR count). The molecule has 1 unspecified atom stereocenters. The molecule has 0 amide bonds. The lowest BCUT2D eigenvalue weighted by Crippen LogP contribution is -2.50. The maximum Gasteiger partial charge on any atom is 0.316 e. The molecule has 1 aromatic carbocycles. The lowest BCUT2D eigenvalue weighted by atomic mass is 9.71. The van der Waals surface area contributed by atoms with Crippen molar-refractivity contribution in [2.75, 3.05) is 31.1 Å². The highest BCUT2D eigenvalue weighted by Gasteiger charge is 2.56. The molecule has 208 valence electrons. The molecule has 1 saturated heterocycles. The number of aromatic nitrogens is 2. The maximum atomic E-state index is 14.0. The largest absolute Gasteiger partial charge is 0.483 e. The van der Waals surface area contributed by atoms with Gasteiger partial charge in [-0.15, -0.1) is 0 Å². The van der Waals surface area contributed by atoms with Crippen LogP contribution in [0.5, 0.6) is 5.75 Å². The van der Waals surface area contributed by atoms with Crippen LogP contribution in [0.25, 0.3) is 5.69 Å². The second-order valence-electron chi connectivity index (χ2n) is 11.8. The van der Waals surface area contributed by atoms with Gasteiger partial charge >= 0.3 is 5.56 Å². The second kappa shape index (κ2) is 9.59. The van der Waals surface area contributed by atoms with Crippen molar-refractivity contribution in [3.63, 3.8) is 0 Å². The Morgan fingerprint density at radius 2 is 1.58 bits per heavy atom. The summed E-state index contributed by atoms with van der Waals surface area (Å²) in [6.45, 7) is 9.17. The van der Waals surface area contributed by atoms with Gasteiger partial charge in [0.2, 0.25) is 15.8 Å². The van der Waals surface area contributed by atoms with Crippen LogP contribution in [0.4, 0.5) is 14.5 Å². The Balaban J connectivity index is 1.49. The Morgan fingerprint density at radius 3 is 2.13 bits per heavy atom. The van der Waals surface area contributed by atoms with Gasteiger partial charge in [-0.1, -0.05) is 20.3 Å². The zero-order valence-corrected chi connectivity index (χ0v) is 23.2. The Bertz CT molecular complexity index is 1350. The Labute approximate surface area is 222 Å². The Hall–Kier alpha value is -2.53. The zero-order chi connectivity index (χ0) is 27.5. The van der Waals surface area contributed by atoms with Gasteiger partial charge < -0.3 is 9.64 Å². The van der Waals surface area contributed by atoms with Gasteiger partial charge in [-0.05, 0) is 62.5 Å². The van der Waals surface area contributed by atoms with Gasteiger partial charge in [-0.2, -0.15) is 14.1 Å². The van der Waals surface area contributed by atoms with Crippen LogP contribution in [-0.2, 0) is 10.0 Å². The van der Waals surface area contributed by atoms with Gasteiger partial charge in [0.25, 0.3) is 0 Å². The topological polar surface area (TPSA) is 84.7 Å². The first-order chi connectivity index (χ1) is 17.8. The van der Waals surface area contributed by atoms with Gasteiger partial charge in [0.15, 0.2) is 0 Å². The molecule has 2 aliphatic carbocycles. The fraction of sp³-hybridized carbons (Fsp3) is 0.630. The average molecular weight is 551 g/mol. The quantitative estimate of drug-likeness (QED) is 0.538. The van der Waals surface area contributed by atoms with Crippen LogP contribution >= 0.6 is 0 Å². The number of hydrogen-bond donors (Lipinski definition) is 0. The Morgan fingerprint density at radius 1 is 1.00 bits per heavy atom. The van der Waals surface area contributed by atoms with Crippen LogP contribution in [0.2, 0.25) is 0 Å². The van der Waals surface area contributed by atoms with Gasteiger partial charge in [0.1, 0.15) is 23.4 Å². The van der Waals surface area contributed by atoms with Crippen molar-refractivity contribution in [2.45, 2.75) is 71.2 Å². The number of sulfonamides is 1. The van der Waals surface area contributed by atoms with Crippen LogP contribution < -0.4 is 15.2 Å². The third-order valence-electron chi connectivity index (χ3n) is 9.10. The predicted molar refractivity (Wildman–Crippen MR) is 141 cm³/mol. The number of rotatable bonds is 6. The molecule has 0 N–H and O–H groups in total. The molecule has 38 heavy (non-hydrogen) atoms.